The van der Waals surface area contributed by atoms with Crippen LogP contribution in [-0.4, -0.2) is 19.3 Å². The van der Waals surface area contributed by atoms with Crippen LogP contribution in [0.2, 0.25) is 0 Å². The van der Waals surface area contributed by atoms with Crippen molar-refractivity contribution in [1.29, 1.82) is 0 Å². The van der Waals surface area contributed by atoms with Gasteiger partial charge >= 0.3 is 6.18 Å². The molecule has 6 heteroatoms. The molecule has 1 aromatic rings. The molecule has 0 aliphatic carbocycles. The molecule has 0 aromatic heterocycles. The molecule has 0 atom stereocenters. The highest BCUT2D eigenvalue weighted by atomic mass is 19.4. The standard InChI is InChI=1S/C12H14F5N/c1-11(2,6-18-7-12(15,16)17)9-5-8(13)3-4-10(9)14/h3-5,18H,6-7H2,1-2H3. The second kappa shape index (κ2) is 5.22. The molecule has 18 heavy (non-hydrogen) atoms. The van der Waals surface area contributed by atoms with Crippen molar-refractivity contribution in [3.8, 4) is 0 Å². The summed E-state index contributed by atoms with van der Waals surface area (Å²) in [6, 6.07) is 2.94. The van der Waals surface area contributed by atoms with Crippen LogP contribution in [0, 0.1) is 11.6 Å². The SMILES string of the molecule is CC(C)(CNCC(F)(F)F)c1cc(F)ccc1F. The minimum atomic E-state index is -4.32. The van der Waals surface area contributed by atoms with Crippen molar-refractivity contribution in [2.75, 3.05) is 13.1 Å². The third-order valence-electron chi connectivity index (χ3n) is 2.55. The van der Waals surface area contributed by atoms with Crippen molar-refractivity contribution >= 4 is 0 Å². The van der Waals surface area contributed by atoms with Crippen LogP contribution in [0.5, 0.6) is 0 Å². The fourth-order valence-corrected chi connectivity index (χ4v) is 1.63. The van der Waals surface area contributed by atoms with E-state index < -0.39 is 29.8 Å². The van der Waals surface area contributed by atoms with E-state index in [1.54, 1.807) is 13.8 Å². The van der Waals surface area contributed by atoms with Crippen molar-refractivity contribution in [3.05, 3.63) is 35.4 Å². The minimum Gasteiger partial charge on any atom is -0.308 e. The van der Waals surface area contributed by atoms with Gasteiger partial charge in [0.15, 0.2) is 0 Å². The van der Waals surface area contributed by atoms with Gasteiger partial charge in [0.25, 0.3) is 0 Å². The molecule has 0 radical (unpaired) electrons. The Morgan fingerprint density at radius 2 is 1.67 bits per heavy atom. The molecule has 0 bridgehead atoms. The smallest absolute Gasteiger partial charge is 0.308 e. The van der Waals surface area contributed by atoms with Gasteiger partial charge in [-0.25, -0.2) is 8.78 Å². The topological polar surface area (TPSA) is 12.0 Å². The monoisotopic (exact) mass is 267 g/mol. The van der Waals surface area contributed by atoms with E-state index in [0.29, 0.717) is 0 Å². The van der Waals surface area contributed by atoms with Crippen molar-refractivity contribution in [1.82, 2.24) is 5.32 Å². The molecule has 0 aliphatic heterocycles. The molecule has 0 aliphatic rings. The van der Waals surface area contributed by atoms with E-state index in [4.69, 9.17) is 0 Å². The Hall–Kier alpha value is -1.17. The maximum Gasteiger partial charge on any atom is 0.401 e. The summed E-state index contributed by atoms with van der Waals surface area (Å²) in [6.07, 6.45) is -4.32. The number of hydrogen-bond acceptors (Lipinski definition) is 1. The fraction of sp³-hybridized carbons (Fsp3) is 0.500. The second-order valence-corrected chi connectivity index (χ2v) is 4.73. The van der Waals surface area contributed by atoms with Gasteiger partial charge in [0.2, 0.25) is 0 Å². The predicted molar refractivity (Wildman–Crippen MR) is 58.3 cm³/mol. The first-order chi connectivity index (χ1) is 8.12. The third-order valence-corrected chi connectivity index (χ3v) is 2.55. The molecule has 0 amide bonds. The maximum atomic E-state index is 13.5. The van der Waals surface area contributed by atoms with Gasteiger partial charge in [-0.3, -0.25) is 0 Å². The number of nitrogens with one attached hydrogen (secondary N) is 1. The zero-order valence-electron chi connectivity index (χ0n) is 10.0. The Morgan fingerprint density at radius 1 is 1.06 bits per heavy atom. The lowest BCUT2D eigenvalue weighted by Gasteiger charge is -2.26. The Labute approximate surface area is 102 Å². The zero-order chi connectivity index (χ0) is 14.0. The van der Waals surface area contributed by atoms with Crippen molar-refractivity contribution in [2.45, 2.75) is 25.4 Å². The van der Waals surface area contributed by atoms with Crippen LogP contribution < -0.4 is 5.32 Å². The van der Waals surface area contributed by atoms with E-state index in [0.717, 1.165) is 18.2 Å². The van der Waals surface area contributed by atoms with Gasteiger partial charge in [-0.2, -0.15) is 13.2 Å². The van der Waals surface area contributed by atoms with Crippen LogP contribution in [0.1, 0.15) is 19.4 Å². The van der Waals surface area contributed by atoms with E-state index in [9.17, 15) is 22.0 Å². The quantitative estimate of drug-likeness (QED) is 0.824. The average molecular weight is 267 g/mol. The van der Waals surface area contributed by atoms with Crippen molar-refractivity contribution in [2.24, 2.45) is 0 Å². The molecule has 1 nitrogen and oxygen atoms in total. The number of alkyl halides is 3. The molecule has 0 heterocycles. The minimum absolute atomic E-state index is 0.0529. The Kier molecular flexibility index (Phi) is 4.32. The second-order valence-electron chi connectivity index (χ2n) is 4.73. The van der Waals surface area contributed by atoms with Gasteiger partial charge in [0, 0.05) is 12.0 Å². The summed E-state index contributed by atoms with van der Waals surface area (Å²) >= 11 is 0. The molecule has 0 unspecified atom stereocenters. The first-order valence-corrected chi connectivity index (χ1v) is 5.35. The van der Waals surface area contributed by atoms with Gasteiger partial charge < -0.3 is 5.32 Å². The first kappa shape index (κ1) is 14.9. The normalized spacial score (nSPS) is 12.8. The van der Waals surface area contributed by atoms with Gasteiger partial charge in [-0.1, -0.05) is 13.8 Å². The summed E-state index contributed by atoms with van der Waals surface area (Å²) < 4.78 is 62.5. The van der Waals surface area contributed by atoms with Gasteiger partial charge in [0.1, 0.15) is 11.6 Å². The Bertz CT molecular complexity index is 411. The number of halogens is 5. The summed E-state index contributed by atoms with van der Waals surface area (Å²) in [6.45, 7) is 1.84. The number of benzene rings is 1. The molecule has 0 saturated heterocycles. The van der Waals surface area contributed by atoms with Crippen LogP contribution >= 0.6 is 0 Å². The van der Waals surface area contributed by atoms with Gasteiger partial charge in [0.05, 0.1) is 6.54 Å². The number of hydrogen-bond donors (Lipinski definition) is 1. The molecule has 0 spiro atoms. The molecular formula is C12H14F5N. The number of rotatable bonds is 4. The van der Waals surface area contributed by atoms with Crippen LogP contribution in [0.4, 0.5) is 22.0 Å². The largest absolute Gasteiger partial charge is 0.401 e. The summed E-state index contributed by atoms with van der Waals surface area (Å²) in [5.74, 6) is -1.24. The first-order valence-electron chi connectivity index (χ1n) is 5.35. The van der Waals surface area contributed by atoms with Crippen LogP contribution in [-0.2, 0) is 5.41 Å². The van der Waals surface area contributed by atoms with Gasteiger partial charge in [-0.15, -0.1) is 0 Å². The summed E-state index contributed by atoms with van der Waals surface area (Å²) in [7, 11) is 0. The third kappa shape index (κ3) is 4.25. The highest BCUT2D eigenvalue weighted by Crippen LogP contribution is 2.26. The van der Waals surface area contributed by atoms with E-state index in [2.05, 4.69) is 5.32 Å². The molecular weight excluding hydrogens is 253 g/mol. The Balaban J connectivity index is 2.76. The van der Waals surface area contributed by atoms with Crippen LogP contribution in [0.15, 0.2) is 18.2 Å². The highest BCUT2D eigenvalue weighted by molar-refractivity contribution is 5.26. The van der Waals surface area contributed by atoms with Gasteiger partial charge in [-0.05, 0) is 23.8 Å². The summed E-state index contributed by atoms with van der Waals surface area (Å²) in [4.78, 5) is 0. The van der Waals surface area contributed by atoms with E-state index in [-0.39, 0.29) is 12.1 Å². The van der Waals surface area contributed by atoms with E-state index >= 15 is 0 Å². The molecule has 1 rings (SSSR count). The van der Waals surface area contributed by atoms with Crippen molar-refractivity contribution < 1.29 is 22.0 Å². The molecule has 1 N–H and O–H groups in total. The molecule has 1 aromatic carbocycles. The molecule has 102 valence electrons. The summed E-state index contributed by atoms with van der Waals surface area (Å²) in [5.41, 5.74) is -0.880. The van der Waals surface area contributed by atoms with E-state index in [1.165, 1.54) is 0 Å². The molecule has 0 fully saturated rings. The fourth-order valence-electron chi connectivity index (χ4n) is 1.63. The maximum absolute atomic E-state index is 13.5. The predicted octanol–water partition coefficient (Wildman–Crippen LogP) is 3.39. The highest BCUT2D eigenvalue weighted by Gasteiger charge is 2.29. The average Bonchev–Trinajstić information content (AvgIpc) is 2.19. The van der Waals surface area contributed by atoms with Crippen LogP contribution in [0.3, 0.4) is 0 Å². The lowest BCUT2D eigenvalue weighted by molar-refractivity contribution is -0.125. The lowest BCUT2D eigenvalue weighted by Crippen LogP contribution is -2.38. The Morgan fingerprint density at radius 3 is 2.22 bits per heavy atom. The summed E-state index contributed by atoms with van der Waals surface area (Å²) in [5, 5.41) is 2.20. The van der Waals surface area contributed by atoms with Crippen molar-refractivity contribution in [3.63, 3.8) is 0 Å². The van der Waals surface area contributed by atoms with Crippen LogP contribution in [0.25, 0.3) is 0 Å². The van der Waals surface area contributed by atoms with E-state index in [1.807, 2.05) is 0 Å². The lowest BCUT2D eigenvalue weighted by atomic mass is 9.84. The zero-order valence-corrected chi connectivity index (χ0v) is 10.0. The molecule has 0 saturated carbocycles.